The van der Waals surface area contributed by atoms with Crippen molar-refractivity contribution in [3.8, 4) is 0 Å². The van der Waals surface area contributed by atoms with E-state index >= 15 is 0 Å². The molecule has 0 amide bonds. The van der Waals surface area contributed by atoms with E-state index in [0.29, 0.717) is 5.02 Å². The van der Waals surface area contributed by atoms with Gasteiger partial charge in [-0.3, -0.25) is 0 Å². The van der Waals surface area contributed by atoms with Gasteiger partial charge < -0.3 is 5.11 Å². The van der Waals surface area contributed by atoms with Gasteiger partial charge in [0.05, 0.1) is 6.10 Å². The van der Waals surface area contributed by atoms with E-state index in [0.717, 1.165) is 17.0 Å². The Morgan fingerprint density at radius 1 is 0.895 bits per heavy atom. The Kier molecular flexibility index (Phi) is 6.93. The molecule has 0 aliphatic rings. The Bertz CT molecular complexity index is 475. The van der Waals surface area contributed by atoms with Gasteiger partial charge in [-0.05, 0) is 48.7 Å². The van der Waals surface area contributed by atoms with Gasteiger partial charge in [-0.15, -0.1) is 0 Å². The molecule has 0 fully saturated rings. The van der Waals surface area contributed by atoms with Crippen LogP contribution in [-0.2, 0) is 6.42 Å². The van der Waals surface area contributed by atoms with Crippen LogP contribution in [-0.4, -0.2) is 5.11 Å². The second kappa shape index (κ2) is 8.21. The van der Waals surface area contributed by atoms with Crippen LogP contribution in [0.3, 0.4) is 0 Å². The molecule has 0 radical (unpaired) electrons. The SMILES string of the molecule is CC(O)c1ccc(Cl)cc1.CCc1ccc(Cl)cc1. The van der Waals surface area contributed by atoms with Crippen molar-refractivity contribution in [1.82, 2.24) is 0 Å². The average Bonchev–Trinajstić information content (AvgIpc) is 2.41. The molecule has 1 nitrogen and oxygen atoms in total. The standard InChI is InChI=1S/C8H9ClO.C8H9Cl/c1-6(10)7-2-4-8(9)5-3-7;1-2-7-3-5-8(9)6-4-7/h2-6,10H,1H3;3-6H,2H2,1H3. The maximum atomic E-state index is 9.07. The van der Waals surface area contributed by atoms with E-state index in [4.69, 9.17) is 28.3 Å². The van der Waals surface area contributed by atoms with Gasteiger partial charge in [0.1, 0.15) is 0 Å². The summed E-state index contributed by atoms with van der Waals surface area (Å²) in [6.07, 6.45) is 0.675. The topological polar surface area (TPSA) is 20.2 Å². The summed E-state index contributed by atoms with van der Waals surface area (Å²) in [6.45, 7) is 3.85. The molecule has 0 saturated heterocycles. The van der Waals surface area contributed by atoms with Crippen LogP contribution < -0.4 is 0 Å². The van der Waals surface area contributed by atoms with Crippen LogP contribution in [0, 0.1) is 0 Å². The fraction of sp³-hybridized carbons (Fsp3) is 0.250. The highest BCUT2D eigenvalue weighted by molar-refractivity contribution is 6.30. The molecule has 0 bridgehead atoms. The van der Waals surface area contributed by atoms with Crippen molar-refractivity contribution in [3.05, 3.63) is 69.7 Å². The largest absolute Gasteiger partial charge is 0.389 e. The predicted octanol–water partition coefficient (Wildman–Crippen LogP) is 5.30. The lowest BCUT2D eigenvalue weighted by molar-refractivity contribution is 0.199. The number of hydrogen-bond acceptors (Lipinski definition) is 1. The lowest BCUT2D eigenvalue weighted by atomic mass is 10.1. The third-order valence-electron chi connectivity index (χ3n) is 2.67. The molecule has 1 atom stereocenters. The van der Waals surface area contributed by atoms with Crippen LogP contribution in [0.15, 0.2) is 48.5 Å². The molecule has 1 N–H and O–H groups in total. The summed E-state index contributed by atoms with van der Waals surface area (Å²) in [5, 5.41) is 10.6. The molecule has 2 aromatic carbocycles. The fourth-order valence-corrected chi connectivity index (χ4v) is 1.71. The Morgan fingerprint density at radius 2 is 1.32 bits per heavy atom. The highest BCUT2D eigenvalue weighted by Crippen LogP contribution is 2.15. The first-order valence-corrected chi connectivity index (χ1v) is 6.96. The van der Waals surface area contributed by atoms with E-state index in [-0.39, 0.29) is 0 Å². The third kappa shape index (κ3) is 6.11. The minimum atomic E-state index is -0.405. The smallest absolute Gasteiger partial charge is 0.0761 e. The number of benzene rings is 2. The summed E-state index contributed by atoms with van der Waals surface area (Å²) >= 11 is 11.3. The van der Waals surface area contributed by atoms with Crippen molar-refractivity contribution >= 4 is 23.2 Å². The van der Waals surface area contributed by atoms with E-state index in [1.807, 2.05) is 36.4 Å². The van der Waals surface area contributed by atoms with Crippen LogP contribution in [0.1, 0.15) is 31.1 Å². The second-order valence-corrected chi connectivity index (χ2v) is 5.08. The van der Waals surface area contributed by atoms with E-state index in [2.05, 4.69) is 6.92 Å². The molecule has 2 aromatic rings. The summed E-state index contributed by atoms with van der Waals surface area (Å²) in [5.41, 5.74) is 2.23. The summed E-state index contributed by atoms with van der Waals surface area (Å²) in [4.78, 5) is 0. The van der Waals surface area contributed by atoms with E-state index in [1.54, 1.807) is 19.1 Å². The van der Waals surface area contributed by atoms with E-state index in [1.165, 1.54) is 5.56 Å². The van der Waals surface area contributed by atoms with Gasteiger partial charge in [0.15, 0.2) is 0 Å². The van der Waals surface area contributed by atoms with Gasteiger partial charge in [0.2, 0.25) is 0 Å². The highest BCUT2D eigenvalue weighted by Gasteiger charge is 1.97. The van der Waals surface area contributed by atoms with E-state index in [9.17, 15) is 0 Å². The van der Waals surface area contributed by atoms with Crippen LogP contribution >= 0.6 is 23.2 Å². The summed E-state index contributed by atoms with van der Waals surface area (Å²) < 4.78 is 0. The monoisotopic (exact) mass is 296 g/mol. The van der Waals surface area contributed by atoms with Crippen molar-refractivity contribution in [2.24, 2.45) is 0 Å². The van der Waals surface area contributed by atoms with Crippen molar-refractivity contribution in [2.75, 3.05) is 0 Å². The van der Waals surface area contributed by atoms with E-state index < -0.39 is 6.10 Å². The third-order valence-corrected chi connectivity index (χ3v) is 3.18. The summed E-state index contributed by atoms with van der Waals surface area (Å²) in [5.74, 6) is 0. The van der Waals surface area contributed by atoms with Gasteiger partial charge in [0.25, 0.3) is 0 Å². The predicted molar refractivity (Wildman–Crippen MR) is 82.9 cm³/mol. The molecule has 0 aliphatic heterocycles. The van der Waals surface area contributed by atoms with Crippen LogP contribution in [0.5, 0.6) is 0 Å². The Labute approximate surface area is 124 Å². The van der Waals surface area contributed by atoms with Crippen molar-refractivity contribution < 1.29 is 5.11 Å². The van der Waals surface area contributed by atoms with Gasteiger partial charge in [-0.2, -0.15) is 0 Å². The summed E-state index contributed by atoms with van der Waals surface area (Å²) in [6, 6.07) is 15.1. The van der Waals surface area contributed by atoms with Crippen molar-refractivity contribution in [1.29, 1.82) is 0 Å². The number of halogens is 2. The minimum Gasteiger partial charge on any atom is -0.389 e. The average molecular weight is 297 g/mol. The molecule has 0 heterocycles. The van der Waals surface area contributed by atoms with Gasteiger partial charge in [0, 0.05) is 10.0 Å². The fourth-order valence-electron chi connectivity index (χ4n) is 1.46. The zero-order valence-electron chi connectivity index (χ0n) is 11.1. The Hall–Kier alpha value is -1.02. The number of hydrogen-bond donors (Lipinski definition) is 1. The zero-order chi connectivity index (χ0) is 14.3. The molecular weight excluding hydrogens is 279 g/mol. The first-order valence-electron chi connectivity index (χ1n) is 6.21. The van der Waals surface area contributed by atoms with Gasteiger partial charge >= 0.3 is 0 Å². The Balaban J connectivity index is 0.000000191. The Morgan fingerprint density at radius 3 is 1.68 bits per heavy atom. The molecular formula is C16H18Cl2O. The molecule has 2 rings (SSSR count). The lowest BCUT2D eigenvalue weighted by Crippen LogP contribution is -1.88. The molecule has 1 unspecified atom stereocenters. The van der Waals surface area contributed by atoms with Crippen LogP contribution in [0.4, 0.5) is 0 Å². The van der Waals surface area contributed by atoms with Gasteiger partial charge in [-0.25, -0.2) is 0 Å². The molecule has 0 aliphatic carbocycles. The highest BCUT2D eigenvalue weighted by atomic mass is 35.5. The number of aliphatic hydroxyl groups is 1. The molecule has 0 saturated carbocycles. The normalized spacial score (nSPS) is 11.4. The number of rotatable bonds is 2. The molecule has 0 spiro atoms. The first kappa shape index (κ1) is 16.0. The zero-order valence-corrected chi connectivity index (χ0v) is 12.6. The minimum absolute atomic E-state index is 0.405. The maximum absolute atomic E-state index is 9.07. The first-order chi connectivity index (χ1) is 9.02. The second-order valence-electron chi connectivity index (χ2n) is 4.21. The summed E-state index contributed by atoms with van der Waals surface area (Å²) in [7, 11) is 0. The maximum Gasteiger partial charge on any atom is 0.0761 e. The molecule has 19 heavy (non-hydrogen) atoms. The van der Waals surface area contributed by atoms with Gasteiger partial charge in [-0.1, -0.05) is 54.4 Å². The van der Waals surface area contributed by atoms with Crippen molar-refractivity contribution in [2.45, 2.75) is 26.4 Å². The van der Waals surface area contributed by atoms with Crippen molar-refractivity contribution in [3.63, 3.8) is 0 Å². The lowest BCUT2D eigenvalue weighted by Gasteiger charge is -2.02. The van der Waals surface area contributed by atoms with Crippen LogP contribution in [0.25, 0.3) is 0 Å². The number of aryl methyl sites for hydroxylation is 1. The molecule has 102 valence electrons. The number of aliphatic hydroxyl groups excluding tert-OH is 1. The quantitative estimate of drug-likeness (QED) is 0.798. The molecule has 3 heteroatoms. The van der Waals surface area contributed by atoms with Crippen LogP contribution in [0.2, 0.25) is 10.0 Å². The molecule has 0 aromatic heterocycles.